The predicted octanol–water partition coefficient (Wildman–Crippen LogP) is 2.23. The zero-order valence-corrected chi connectivity index (χ0v) is 9.17. The van der Waals surface area contributed by atoms with Gasteiger partial charge in [-0.1, -0.05) is 13.3 Å². The van der Waals surface area contributed by atoms with Gasteiger partial charge in [0.1, 0.15) is 5.78 Å². The monoisotopic (exact) mass is 195 g/mol. The number of Topliss-reactive ketones (excluding diaryl/α,β-unsaturated/α-hetero) is 1. The van der Waals surface area contributed by atoms with Crippen molar-refractivity contribution in [3.63, 3.8) is 0 Å². The molecule has 0 bridgehead atoms. The van der Waals surface area contributed by atoms with Crippen LogP contribution in [0.15, 0.2) is 0 Å². The first kappa shape index (κ1) is 10.2. The molecule has 0 aliphatic heterocycles. The summed E-state index contributed by atoms with van der Waals surface area (Å²) in [4.78, 5) is 13.8. The van der Waals surface area contributed by atoms with Crippen molar-refractivity contribution in [3.05, 3.63) is 0 Å². The van der Waals surface area contributed by atoms with Gasteiger partial charge < -0.3 is 0 Å². The quantitative estimate of drug-likeness (QED) is 0.685. The summed E-state index contributed by atoms with van der Waals surface area (Å²) in [6.45, 7) is 4.59. The van der Waals surface area contributed by atoms with Crippen LogP contribution in [-0.2, 0) is 4.79 Å². The first-order valence-corrected chi connectivity index (χ1v) is 6.05. The van der Waals surface area contributed by atoms with Crippen molar-refractivity contribution in [2.24, 2.45) is 5.92 Å². The topological polar surface area (TPSA) is 20.3 Å². The molecule has 0 radical (unpaired) electrons. The van der Waals surface area contributed by atoms with Crippen molar-refractivity contribution in [2.45, 2.75) is 51.5 Å². The average Bonchev–Trinajstić information content (AvgIpc) is 2.50. The summed E-state index contributed by atoms with van der Waals surface area (Å²) < 4.78 is 0. The Hall–Kier alpha value is -0.370. The lowest BCUT2D eigenvalue weighted by Crippen LogP contribution is -2.39. The maximum absolute atomic E-state index is 11.2. The molecule has 2 saturated carbocycles. The Bertz CT molecular complexity index is 210. The summed E-state index contributed by atoms with van der Waals surface area (Å²) in [6.07, 6.45) is 7.01. The number of nitrogens with zero attached hydrogens (tertiary/aromatic N) is 1. The number of ketones is 1. The van der Waals surface area contributed by atoms with Gasteiger partial charge in [0.05, 0.1) is 0 Å². The van der Waals surface area contributed by atoms with Gasteiger partial charge in [-0.3, -0.25) is 9.69 Å². The van der Waals surface area contributed by atoms with E-state index < -0.39 is 0 Å². The van der Waals surface area contributed by atoms with Crippen molar-refractivity contribution in [3.8, 4) is 0 Å². The van der Waals surface area contributed by atoms with E-state index in [1.54, 1.807) is 0 Å². The van der Waals surface area contributed by atoms with Crippen molar-refractivity contribution in [1.29, 1.82) is 0 Å². The van der Waals surface area contributed by atoms with Crippen LogP contribution in [0.4, 0.5) is 0 Å². The van der Waals surface area contributed by atoms with Gasteiger partial charge in [0.15, 0.2) is 0 Å². The van der Waals surface area contributed by atoms with Crippen LogP contribution in [0.3, 0.4) is 0 Å². The molecule has 0 amide bonds. The molecule has 80 valence electrons. The Balaban J connectivity index is 1.82. The highest BCUT2D eigenvalue weighted by atomic mass is 16.1. The highest BCUT2D eigenvalue weighted by Crippen LogP contribution is 2.29. The summed E-state index contributed by atoms with van der Waals surface area (Å²) in [7, 11) is 0. The summed E-state index contributed by atoms with van der Waals surface area (Å²) in [5, 5.41) is 0. The second kappa shape index (κ2) is 4.43. The third-order valence-corrected chi connectivity index (χ3v) is 3.86. The minimum Gasteiger partial charge on any atom is -0.300 e. The maximum atomic E-state index is 11.2. The van der Waals surface area contributed by atoms with E-state index in [-0.39, 0.29) is 0 Å². The number of hydrogen-bond acceptors (Lipinski definition) is 2. The molecule has 0 heterocycles. The summed E-state index contributed by atoms with van der Waals surface area (Å²) >= 11 is 0. The number of carbonyl (C=O) groups is 1. The van der Waals surface area contributed by atoms with E-state index in [2.05, 4.69) is 11.8 Å². The molecule has 2 nitrogen and oxygen atoms in total. The molecule has 0 aromatic carbocycles. The fourth-order valence-electron chi connectivity index (χ4n) is 2.65. The first-order valence-electron chi connectivity index (χ1n) is 6.05. The number of hydrogen-bond donors (Lipinski definition) is 0. The van der Waals surface area contributed by atoms with Gasteiger partial charge in [0, 0.05) is 25.4 Å². The van der Waals surface area contributed by atoms with E-state index in [0.29, 0.717) is 11.8 Å². The van der Waals surface area contributed by atoms with Gasteiger partial charge in [-0.2, -0.15) is 0 Å². The molecule has 2 aliphatic rings. The minimum atomic E-state index is 0.474. The minimum absolute atomic E-state index is 0.474. The van der Waals surface area contributed by atoms with E-state index in [1.165, 1.54) is 25.8 Å². The first-order chi connectivity index (χ1) is 6.79. The van der Waals surface area contributed by atoms with Crippen LogP contribution >= 0.6 is 0 Å². The van der Waals surface area contributed by atoms with Gasteiger partial charge in [-0.05, 0) is 31.7 Å². The van der Waals surface area contributed by atoms with Gasteiger partial charge in [-0.25, -0.2) is 0 Å². The fraction of sp³-hybridized carbons (Fsp3) is 0.917. The molecule has 1 atom stereocenters. The molecule has 0 aromatic rings. The van der Waals surface area contributed by atoms with Gasteiger partial charge in [0.25, 0.3) is 0 Å². The van der Waals surface area contributed by atoms with E-state index in [1.807, 2.05) is 0 Å². The summed E-state index contributed by atoms with van der Waals surface area (Å²) in [6, 6.07) is 0.577. The van der Waals surface area contributed by atoms with Crippen LogP contribution in [0, 0.1) is 5.92 Å². The molecule has 2 rings (SSSR count). The van der Waals surface area contributed by atoms with E-state index in [0.717, 1.165) is 31.7 Å². The average molecular weight is 195 g/mol. The summed E-state index contributed by atoms with van der Waals surface area (Å²) in [5.41, 5.74) is 0. The smallest absolute Gasteiger partial charge is 0.134 e. The second-order valence-electron chi connectivity index (χ2n) is 4.82. The van der Waals surface area contributed by atoms with E-state index >= 15 is 0 Å². The molecule has 0 spiro atoms. The van der Waals surface area contributed by atoms with Crippen LogP contribution in [0.25, 0.3) is 0 Å². The van der Waals surface area contributed by atoms with Crippen molar-refractivity contribution in [1.82, 2.24) is 4.90 Å². The molecular formula is C12H21NO. The molecule has 0 aromatic heterocycles. The maximum Gasteiger partial charge on any atom is 0.134 e. The summed E-state index contributed by atoms with van der Waals surface area (Å²) in [5.74, 6) is 1.41. The fourth-order valence-corrected chi connectivity index (χ4v) is 2.65. The lowest BCUT2D eigenvalue weighted by atomic mass is 9.85. The van der Waals surface area contributed by atoms with Crippen LogP contribution in [0.2, 0.25) is 0 Å². The molecule has 2 aliphatic carbocycles. The Morgan fingerprint density at radius 3 is 2.57 bits per heavy atom. The molecule has 2 heteroatoms. The van der Waals surface area contributed by atoms with Crippen LogP contribution in [0.5, 0.6) is 0 Å². The molecule has 2 fully saturated rings. The lowest BCUT2D eigenvalue weighted by molar-refractivity contribution is -0.117. The normalized spacial score (nSPS) is 28.4. The van der Waals surface area contributed by atoms with Gasteiger partial charge >= 0.3 is 0 Å². The molecule has 1 unspecified atom stereocenters. The Kier molecular flexibility index (Phi) is 3.22. The van der Waals surface area contributed by atoms with E-state index in [9.17, 15) is 4.79 Å². The highest BCUT2D eigenvalue weighted by Gasteiger charge is 2.29. The van der Waals surface area contributed by atoms with Gasteiger partial charge in [-0.15, -0.1) is 0 Å². The van der Waals surface area contributed by atoms with Crippen molar-refractivity contribution in [2.75, 3.05) is 13.1 Å². The number of rotatable bonds is 4. The highest BCUT2D eigenvalue weighted by molar-refractivity contribution is 5.81. The Labute approximate surface area is 86.7 Å². The molecular weight excluding hydrogens is 174 g/mol. The Morgan fingerprint density at radius 1 is 1.36 bits per heavy atom. The third-order valence-electron chi connectivity index (χ3n) is 3.86. The van der Waals surface area contributed by atoms with Crippen LogP contribution < -0.4 is 0 Å². The van der Waals surface area contributed by atoms with E-state index in [4.69, 9.17) is 0 Å². The zero-order valence-electron chi connectivity index (χ0n) is 9.17. The number of carbonyl (C=O) groups excluding carboxylic acids is 1. The SMILES string of the molecule is CCN(CC1CCC1)C1CCC(=O)C1. The lowest BCUT2D eigenvalue weighted by Gasteiger charge is -2.34. The van der Waals surface area contributed by atoms with Crippen LogP contribution in [0.1, 0.15) is 45.4 Å². The predicted molar refractivity (Wildman–Crippen MR) is 57.2 cm³/mol. The Morgan fingerprint density at radius 2 is 2.14 bits per heavy atom. The second-order valence-corrected chi connectivity index (χ2v) is 4.82. The van der Waals surface area contributed by atoms with Crippen molar-refractivity contribution < 1.29 is 4.79 Å². The largest absolute Gasteiger partial charge is 0.300 e. The van der Waals surface area contributed by atoms with Crippen LogP contribution in [-0.4, -0.2) is 29.8 Å². The van der Waals surface area contributed by atoms with Gasteiger partial charge in [0.2, 0.25) is 0 Å². The molecule has 0 saturated heterocycles. The van der Waals surface area contributed by atoms with Crippen molar-refractivity contribution >= 4 is 5.78 Å². The third kappa shape index (κ3) is 2.17. The molecule has 14 heavy (non-hydrogen) atoms. The molecule has 0 N–H and O–H groups in total. The zero-order chi connectivity index (χ0) is 9.97. The standard InChI is InChI=1S/C12H21NO/c1-2-13(9-10-4-3-5-10)11-6-7-12(14)8-11/h10-11H,2-9H2,1H3.